The summed E-state index contributed by atoms with van der Waals surface area (Å²) in [5, 5.41) is 8.67. The van der Waals surface area contributed by atoms with Crippen LogP contribution in [0.4, 0.5) is 0 Å². The van der Waals surface area contributed by atoms with Crippen LogP contribution >= 0.6 is 0 Å². The minimum Gasteiger partial charge on any atom is -0.464 e. The maximum atomic E-state index is 12.2. The van der Waals surface area contributed by atoms with Crippen molar-refractivity contribution >= 4 is 11.9 Å². The van der Waals surface area contributed by atoms with Gasteiger partial charge in [0.05, 0.1) is 19.1 Å². The predicted octanol–water partition coefficient (Wildman–Crippen LogP) is 0.214. The molecule has 0 spiro atoms. The van der Waals surface area contributed by atoms with E-state index < -0.39 is 17.9 Å². The van der Waals surface area contributed by atoms with Crippen molar-refractivity contribution in [3.8, 4) is 6.07 Å². The molecule has 1 rings (SSSR count). The minimum atomic E-state index is -1.37. The van der Waals surface area contributed by atoms with Crippen molar-refractivity contribution in [2.75, 3.05) is 13.2 Å². The molecule has 1 aromatic heterocycles. The molecule has 112 valence electrons. The zero-order chi connectivity index (χ0) is 15.7. The Bertz CT molecular complexity index is 513. The summed E-state index contributed by atoms with van der Waals surface area (Å²) < 4.78 is 4.74. The Labute approximate surface area is 123 Å². The van der Waals surface area contributed by atoms with E-state index >= 15 is 0 Å². The van der Waals surface area contributed by atoms with Crippen LogP contribution in [-0.2, 0) is 20.9 Å². The summed E-state index contributed by atoms with van der Waals surface area (Å²) in [6.45, 7) is 2.22. The molecule has 0 bridgehead atoms. The van der Waals surface area contributed by atoms with E-state index in [-0.39, 0.29) is 26.1 Å². The number of amides is 1. The van der Waals surface area contributed by atoms with Gasteiger partial charge >= 0.3 is 5.97 Å². The Balaban J connectivity index is 2.79. The summed E-state index contributed by atoms with van der Waals surface area (Å²) >= 11 is 0. The summed E-state index contributed by atoms with van der Waals surface area (Å²) in [5.74, 6) is -1.33. The second-order valence-corrected chi connectivity index (χ2v) is 4.26. The molecule has 1 aromatic rings. The molecule has 21 heavy (non-hydrogen) atoms. The molecule has 7 heteroatoms. The molecule has 1 unspecified atom stereocenters. The summed E-state index contributed by atoms with van der Waals surface area (Å²) in [5.41, 5.74) is 6.40. The minimum absolute atomic E-state index is 0.153. The fourth-order valence-electron chi connectivity index (χ4n) is 1.69. The number of pyridine rings is 1. The lowest BCUT2D eigenvalue weighted by atomic mass is 10.2. The molecule has 0 saturated heterocycles. The van der Waals surface area contributed by atoms with Gasteiger partial charge in [-0.1, -0.05) is 6.07 Å². The highest BCUT2D eigenvalue weighted by atomic mass is 16.5. The van der Waals surface area contributed by atoms with Gasteiger partial charge in [-0.25, -0.2) is 4.79 Å². The molecular formula is C14H18N4O3. The van der Waals surface area contributed by atoms with Gasteiger partial charge in [0.1, 0.15) is 0 Å². The largest absolute Gasteiger partial charge is 0.464 e. The van der Waals surface area contributed by atoms with Crippen molar-refractivity contribution in [3.05, 3.63) is 30.1 Å². The summed E-state index contributed by atoms with van der Waals surface area (Å²) in [6.07, 6.45) is 3.39. The van der Waals surface area contributed by atoms with Crippen LogP contribution in [0.1, 0.15) is 18.9 Å². The molecule has 0 aliphatic heterocycles. The van der Waals surface area contributed by atoms with Crippen LogP contribution in [0.2, 0.25) is 0 Å². The van der Waals surface area contributed by atoms with Crippen molar-refractivity contribution < 1.29 is 14.3 Å². The van der Waals surface area contributed by atoms with Crippen LogP contribution < -0.4 is 5.73 Å². The first-order valence-corrected chi connectivity index (χ1v) is 6.57. The molecule has 2 N–H and O–H groups in total. The molecular weight excluding hydrogens is 272 g/mol. The fourth-order valence-corrected chi connectivity index (χ4v) is 1.69. The van der Waals surface area contributed by atoms with E-state index in [4.69, 9.17) is 15.7 Å². The number of carbonyl (C=O) groups excluding carboxylic acids is 2. The van der Waals surface area contributed by atoms with E-state index in [1.165, 1.54) is 4.90 Å². The van der Waals surface area contributed by atoms with Gasteiger partial charge in [0, 0.05) is 25.5 Å². The Morgan fingerprint density at radius 3 is 2.90 bits per heavy atom. The molecule has 0 fully saturated rings. The molecule has 1 atom stereocenters. The zero-order valence-electron chi connectivity index (χ0n) is 11.9. The third-order valence-electron chi connectivity index (χ3n) is 2.71. The van der Waals surface area contributed by atoms with Crippen LogP contribution in [0, 0.1) is 11.3 Å². The number of hydrogen-bond acceptors (Lipinski definition) is 6. The van der Waals surface area contributed by atoms with Crippen LogP contribution in [0.3, 0.4) is 0 Å². The van der Waals surface area contributed by atoms with E-state index in [9.17, 15) is 9.59 Å². The topological polar surface area (TPSA) is 109 Å². The van der Waals surface area contributed by atoms with Crippen LogP contribution in [0.25, 0.3) is 0 Å². The van der Waals surface area contributed by atoms with Gasteiger partial charge < -0.3 is 15.4 Å². The number of nitrogens with two attached hydrogens (primary N) is 1. The van der Waals surface area contributed by atoms with Crippen molar-refractivity contribution in [1.29, 1.82) is 5.26 Å². The first-order valence-electron chi connectivity index (χ1n) is 6.57. The normalized spacial score (nSPS) is 11.3. The number of nitrogens with zero attached hydrogens (tertiary/aromatic N) is 3. The summed E-state index contributed by atoms with van der Waals surface area (Å²) in [7, 11) is 0. The van der Waals surface area contributed by atoms with Crippen LogP contribution in [-0.4, -0.2) is 41.0 Å². The zero-order valence-corrected chi connectivity index (χ0v) is 11.9. The molecule has 0 aliphatic carbocycles. The van der Waals surface area contributed by atoms with Gasteiger partial charge in [0.2, 0.25) is 0 Å². The highest BCUT2D eigenvalue weighted by molar-refractivity contribution is 6.01. The number of esters is 1. The van der Waals surface area contributed by atoms with Gasteiger partial charge in [-0.3, -0.25) is 9.78 Å². The Morgan fingerprint density at radius 1 is 1.57 bits per heavy atom. The van der Waals surface area contributed by atoms with Crippen molar-refractivity contribution in [1.82, 2.24) is 9.88 Å². The van der Waals surface area contributed by atoms with Gasteiger partial charge in [-0.2, -0.15) is 5.26 Å². The van der Waals surface area contributed by atoms with Gasteiger partial charge in [0.15, 0.2) is 6.04 Å². The fraction of sp³-hybridized carbons (Fsp3) is 0.429. The average molecular weight is 290 g/mol. The molecule has 1 heterocycles. The Kier molecular flexibility index (Phi) is 6.84. The van der Waals surface area contributed by atoms with E-state index in [0.717, 1.165) is 5.56 Å². The highest BCUT2D eigenvalue weighted by Crippen LogP contribution is 2.06. The number of nitriles is 1. The molecule has 0 aromatic carbocycles. The first-order chi connectivity index (χ1) is 10.1. The molecule has 0 saturated carbocycles. The number of rotatable bonds is 7. The lowest BCUT2D eigenvalue weighted by Crippen LogP contribution is -2.49. The van der Waals surface area contributed by atoms with E-state index in [1.807, 2.05) is 6.07 Å². The van der Waals surface area contributed by atoms with E-state index in [1.54, 1.807) is 31.5 Å². The standard InChI is InChI=1S/C14H18N4O3/c1-2-21-14(20)12(16)13(19)18(8-4-6-15)10-11-5-3-7-17-9-11/h3,5,7,9,12H,2,4,8,10,16H2,1H3. The monoisotopic (exact) mass is 290 g/mol. The third-order valence-corrected chi connectivity index (χ3v) is 2.71. The molecule has 0 aliphatic rings. The number of ether oxygens (including phenoxy) is 1. The number of aromatic nitrogens is 1. The first kappa shape index (κ1) is 16.6. The van der Waals surface area contributed by atoms with Crippen molar-refractivity contribution in [3.63, 3.8) is 0 Å². The molecule has 0 radical (unpaired) electrons. The van der Waals surface area contributed by atoms with Crippen LogP contribution in [0.5, 0.6) is 0 Å². The van der Waals surface area contributed by atoms with Gasteiger partial charge in [-0.15, -0.1) is 0 Å². The SMILES string of the molecule is CCOC(=O)C(N)C(=O)N(CCC#N)Cc1cccnc1. The maximum Gasteiger partial charge on any atom is 0.332 e. The Hall–Kier alpha value is -2.46. The lowest BCUT2D eigenvalue weighted by molar-refractivity contribution is -0.151. The quantitative estimate of drug-likeness (QED) is 0.568. The maximum absolute atomic E-state index is 12.2. The lowest BCUT2D eigenvalue weighted by Gasteiger charge is -2.24. The van der Waals surface area contributed by atoms with Gasteiger partial charge in [-0.05, 0) is 18.6 Å². The van der Waals surface area contributed by atoms with E-state index in [0.29, 0.717) is 0 Å². The Morgan fingerprint density at radius 2 is 2.33 bits per heavy atom. The number of carbonyl (C=O) groups is 2. The average Bonchev–Trinajstić information content (AvgIpc) is 2.51. The predicted molar refractivity (Wildman–Crippen MR) is 74.5 cm³/mol. The molecule has 7 nitrogen and oxygen atoms in total. The van der Waals surface area contributed by atoms with Crippen molar-refractivity contribution in [2.45, 2.75) is 25.9 Å². The van der Waals surface area contributed by atoms with Crippen molar-refractivity contribution in [2.24, 2.45) is 5.73 Å². The van der Waals surface area contributed by atoms with Gasteiger partial charge in [0.25, 0.3) is 5.91 Å². The smallest absolute Gasteiger partial charge is 0.332 e. The van der Waals surface area contributed by atoms with E-state index in [2.05, 4.69) is 4.98 Å². The summed E-state index contributed by atoms with van der Waals surface area (Å²) in [4.78, 5) is 29.1. The number of hydrogen-bond donors (Lipinski definition) is 1. The van der Waals surface area contributed by atoms with Crippen LogP contribution in [0.15, 0.2) is 24.5 Å². The third kappa shape index (κ3) is 5.20. The molecule has 1 amide bonds. The highest BCUT2D eigenvalue weighted by Gasteiger charge is 2.28. The second kappa shape index (κ2) is 8.66. The summed E-state index contributed by atoms with van der Waals surface area (Å²) in [6, 6.07) is 4.14. The second-order valence-electron chi connectivity index (χ2n) is 4.26.